The molecule has 0 spiro atoms. The third-order valence-corrected chi connectivity index (χ3v) is 4.49. The monoisotopic (exact) mass is 255 g/mol. The molecule has 1 heterocycles. The molecule has 96 valence electrons. The molecular formula is C12H21N3OS. The molecule has 1 aliphatic carbocycles. The van der Waals surface area contributed by atoms with Crippen molar-refractivity contribution in [2.45, 2.75) is 57.4 Å². The summed E-state index contributed by atoms with van der Waals surface area (Å²) in [5, 5.41) is 12.2. The van der Waals surface area contributed by atoms with Crippen LogP contribution < -0.4 is 5.32 Å². The van der Waals surface area contributed by atoms with Gasteiger partial charge in [0.25, 0.3) is 0 Å². The van der Waals surface area contributed by atoms with Crippen LogP contribution in [0.15, 0.2) is 4.42 Å². The number of thioether (sulfide) groups is 1. The molecule has 1 aliphatic rings. The predicted octanol–water partition coefficient (Wildman–Crippen LogP) is 2.53. The van der Waals surface area contributed by atoms with Crippen LogP contribution in [0.4, 0.5) is 0 Å². The lowest BCUT2D eigenvalue weighted by Crippen LogP contribution is -2.40. The van der Waals surface area contributed by atoms with Gasteiger partial charge in [-0.15, -0.1) is 10.2 Å². The zero-order valence-corrected chi connectivity index (χ0v) is 11.4. The van der Waals surface area contributed by atoms with Gasteiger partial charge in [0.2, 0.25) is 11.8 Å². The predicted molar refractivity (Wildman–Crippen MR) is 70.1 cm³/mol. The minimum absolute atomic E-state index is 0.598. The van der Waals surface area contributed by atoms with Gasteiger partial charge in [-0.05, 0) is 18.6 Å². The average molecular weight is 255 g/mol. The second-order valence-corrected chi connectivity index (χ2v) is 6.00. The number of aromatic nitrogens is 2. The second-order valence-electron chi connectivity index (χ2n) is 4.48. The molecule has 0 amide bonds. The third kappa shape index (κ3) is 3.71. The topological polar surface area (TPSA) is 51.0 Å². The molecule has 1 N–H and O–H groups in total. The van der Waals surface area contributed by atoms with E-state index in [0.717, 1.165) is 5.25 Å². The molecule has 1 aromatic rings. The van der Waals surface area contributed by atoms with Crippen LogP contribution in [-0.2, 0) is 6.54 Å². The molecule has 1 saturated carbocycles. The van der Waals surface area contributed by atoms with Crippen molar-refractivity contribution in [2.75, 3.05) is 5.75 Å². The Bertz CT molecular complexity index is 340. The van der Waals surface area contributed by atoms with E-state index in [1.807, 2.05) is 6.92 Å². The molecule has 0 aromatic carbocycles. The lowest BCUT2D eigenvalue weighted by molar-refractivity contribution is 0.358. The molecule has 0 aliphatic heterocycles. The largest absolute Gasteiger partial charge is 0.424 e. The van der Waals surface area contributed by atoms with Gasteiger partial charge < -0.3 is 9.73 Å². The lowest BCUT2D eigenvalue weighted by atomic mass is 9.95. The maximum Gasteiger partial charge on any atom is 0.230 e. The van der Waals surface area contributed by atoms with Crippen LogP contribution >= 0.6 is 11.8 Å². The van der Waals surface area contributed by atoms with Crippen LogP contribution in [0.3, 0.4) is 0 Å². The Morgan fingerprint density at radius 3 is 2.88 bits per heavy atom. The summed E-state index contributed by atoms with van der Waals surface area (Å²) in [6, 6.07) is 0.598. The highest BCUT2D eigenvalue weighted by molar-refractivity contribution is 7.99. The molecule has 1 fully saturated rings. The Morgan fingerprint density at radius 2 is 2.18 bits per heavy atom. The Morgan fingerprint density at radius 1 is 1.35 bits per heavy atom. The fourth-order valence-electron chi connectivity index (χ4n) is 2.37. The zero-order chi connectivity index (χ0) is 12.1. The summed E-state index contributed by atoms with van der Waals surface area (Å²) in [4.78, 5) is 0. The van der Waals surface area contributed by atoms with Gasteiger partial charge in [-0.1, -0.05) is 19.8 Å². The van der Waals surface area contributed by atoms with Gasteiger partial charge in [-0.25, -0.2) is 0 Å². The van der Waals surface area contributed by atoms with E-state index >= 15 is 0 Å². The van der Waals surface area contributed by atoms with E-state index in [1.165, 1.54) is 31.4 Å². The van der Waals surface area contributed by atoms with Crippen molar-refractivity contribution in [1.29, 1.82) is 0 Å². The smallest absolute Gasteiger partial charge is 0.230 e. The van der Waals surface area contributed by atoms with Crippen LogP contribution in [0.5, 0.6) is 0 Å². The van der Waals surface area contributed by atoms with E-state index in [-0.39, 0.29) is 0 Å². The highest BCUT2D eigenvalue weighted by Crippen LogP contribution is 2.28. The van der Waals surface area contributed by atoms with Crippen LogP contribution in [0.25, 0.3) is 0 Å². The first-order valence-electron chi connectivity index (χ1n) is 6.43. The summed E-state index contributed by atoms with van der Waals surface area (Å²) in [7, 11) is 0. The molecule has 1 aromatic heterocycles. The van der Waals surface area contributed by atoms with Gasteiger partial charge in [-0.2, -0.15) is 11.8 Å². The van der Waals surface area contributed by atoms with E-state index in [9.17, 15) is 0 Å². The second kappa shape index (κ2) is 6.40. The maximum atomic E-state index is 5.38. The number of hydrogen-bond acceptors (Lipinski definition) is 5. The van der Waals surface area contributed by atoms with Crippen LogP contribution in [-0.4, -0.2) is 27.2 Å². The van der Waals surface area contributed by atoms with Crippen LogP contribution in [0.2, 0.25) is 0 Å². The molecular weight excluding hydrogens is 234 g/mol. The van der Waals surface area contributed by atoms with Gasteiger partial charge in [-0.3, -0.25) is 0 Å². The van der Waals surface area contributed by atoms with Crippen LogP contribution in [0, 0.1) is 6.92 Å². The molecule has 2 rings (SSSR count). The lowest BCUT2D eigenvalue weighted by Gasteiger charge is -2.31. The zero-order valence-electron chi connectivity index (χ0n) is 10.6. The first-order valence-corrected chi connectivity index (χ1v) is 7.48. The molecule has 17 heavy (non-hydrogen) atoms. The Hall–Kier alpha value is -0.550. The van der Waals surface area contributed by atoms with E-state index < -0.39 is 0 Å². The number of rotatable bonds is 5. The van der Waals surface area contributed by atoms with Crippen molar-refractivity contribution in [3.63, 3.8) is 0 Å². The summed E-state index contributed by atoms with van der Waals surface area (Å²) in [6.07, 6.45) is 5.31. The summed E-state index contributed by atoms with van der Waals surface area (Å²) < 4.78 is 5.38. The fraction of sp³-hybridized carbons (Fsp3) is 0.833. The average Bonchev–Trinajstić information content (AvgIpc) is 2.74. The number of nitrogens with zero attached hydrogens (tertiary/aromatic N) is 2. The SMILES string of the molecule is CCS[C@@H]1CCCC[C@H]1NCc1nnc(C)o1. The quantitative estimate of drug-likeness (QED) is 0.876. The first-order chi connectivity index (χ1) is 8.29. The fourth-order valence-corrected chi connectivity index (χ4v) is 3.60. The van der Waals surface area contributed by atoms with E-state index in [0.29, 0.717) is 24.4 Å². The Kier molecular flexibility index (Phi) is 4.86. The molecule has 0 unspecified atom stereocenters. The minimum atomic E-state index is 0.598. The van der Waals surface area contributed by atoms with Crippen molar-refractivity contribution < 1.29 is 4.42 Å². The normalized spacial score (nSPS) is 25.1. The molecule has 0 radical (unpaired) electrons. The summed E-state index contributed by atoms with van der Waals surface area (Å²) in [6.45, 7) is 4.76. The number of aryl methyl sites for hydroxylation is 1. The molecule has 0 saturated heterocycles. The van der Waals surface area contributed by atoms with Gasteiger partial charge >= 0.3 is 0 Å². The van der Waals surface area contributed by atoms with Crippen molar-refractivity contribution in [2.24, 2.45) is 0 Å². The van der Waals surface area contributed by atoms with Gasteiger partial charge in [0.05, 0.1) is 6.54 Å². The van der Waals surface area contributed by atoms with Gasteiger partial charge in [0, 0.05) is 18.2 Å². The molecule has 0 bridgehead atoms. The van der Waals surface area contributed by atoms with E-state index in [2.05, 4.69) is 34.2 Å². The van der Waals surface area contributed by atoms with E-state index in [1.54, 1.807) is 0 Å². The van der Waals surface area contributed by atoms with E-state index in [4.69, 9.17) is 4.42 Å². The standard InChI is InChI=1S/C12H21N3OS/c1-3-17-11-7-5-4-6-10(11)13-8-12-15-14-9(2)16-12/h10-11,13H,3-8H2,1-2H3/t10-,11-/m1/s1. The molecule has 2 atom stereocenters. The first kappa shape index (κ1) is 12.9. The Labute approximate surface area is 107 Å². The highest BCUT2D eigenvalue weighted by Gasteiger charge is 2.24. The van der Waals surface area contributed by atoms with Crippen molar-refractivity contribution in [3.8, 4) is 0 Å². The number of nitrogens with one attached hydrogen (secondary N) is 1. The Balaban J connectivity index is 1.83. The minimum Gasteiger partial charge on any atom is -0.424 e. The maximum absolute atomic E-state index is 5.38. The highest BCUT2D eigenvalue weighted by atomic mass is 32.2. The van der Waals surface area contributed by atoms with Crippen molar-refractivity contribution >= 4 is 11.8 Å². The summed E-state index contributed by atoms with van der Waals surface area (Å²) >= 11 is 2.07. The molecule has 5 heteroatoms. The summed E-state index contributed by atoms with van der Waals surface area (Å²) in [5.41, 5.74) is 0. The number of hydrogen-bond donors (Lipinski definition) is 1. The van der Waals surface area contributed by atoms with Crippen molar-refractivity contribution in [1.82, 2.24) is 15.5 Å². The molecule has 4 nitrogen and oxygen atoms in total. The van der Waals surface area contributed by atoms with Gasteiger partial charge in [0.15, 0.2) is 0 Å². The van der Waals surface area contributed by atoms with Gasteiger partial charge in [0.1, 0.15) is 0 Å². The van der Waals surface area contributed by atoms with Crippen LogP contribution in [0.1, 0.15) is 44.4 Å². The van der Waals surface area contributed by atoms with Crippen molar-refractivity contribution in [3.05, 3.63) is 11.8 Å². The third-order valence-electron chi connectivity index (χ3n) is 3.17. The summed E-state index contributed by atoms with van der Waals surface area (Å²) in [5.74, 6) is 2.54.